The first kappa shape index (κ1) is 16.9. The van der Waals surface area contributed by atoms with Crippen LogP contribution in [0.2, 0.25) is 0 Å². The minimum Gasteiger partial charge on any atom is -0.493 e. The van der Waals surface area contributed by atoms with Crippen LogP contribution >= 0.6 is 0 Å². The normalized spacial score (nSPS) is 10.9. The molecule has 0 unspecified atom stereocenters. The number of halogens is 2. The molecule has 0 atom stereocenters. The number of alkyl halides is 2. The zero-order chi connectivity index (χ0) is 16.0. The maximum atomic E-state index is 13.5. The van der Waals surface area contributed by atoms with Gasteiger partial charge in [0.25, 0.3) is 0 Å². The van der Waals surface area contributed by atoms with Crippen LogP contribution in [0.15, 0.2) is 18.2 Å². The van der Waals surface area contributed by atoms with Crippen LogP contribution in [0.4, 0.5) is 8.78 Å². The molecule has 0 aliphatic heterocycles. The van der Waals surface area contributed by atoms with Gasteiger partial charge in [0.2, 0.25) is 5.78 Å². The van der Waals surface area contributed by atoms with Gasteiger partial charge in [-0.05, 0) is 24.6 Å². The van der Waals surface area contributed by atoms with Crippen molar-refractivity contribution in [1.82, 2.24) is 0 Å². The van der Waals surface area contributed by atoms with Gasteiger partial charge in [0.05, 0.1) is 20.8 Å². The molecule has 116 valence electrons. The summed E-state index contributed by atoms with van der Waals surface area (Å²) in [4.78, 5) is 22.7. The maximum Gasteiger partial charge on any atom is 0.400 e. The van der Waals surface area contributed by atoms with Crippen molar-refractivity contribution in [3.8, 4) is 11.5 Å². The number of rotatable bonds is 7. The fraction of sp³-hybridized carbons (Fsp3) is 0.429. The first-order chi connectivity index (χ1) is 9.86. The summed E-state index contributed by atoms with van der Waals surface area (Å²) >= 11 is 0. The maximum absolute atomic E-state index is 13.5. The van der Waals surface area contributed by atoms with E-state index >= 15 is 0 Å². The number of benzene rings is 1. The average Bonchev–Trinajstić information content (AvgIpc) is 2.47. The van der Waals surface area contributed by atoms with Crippen molar-refractivity contribution in [2.45, 2.75) is 19.3 Å². The standard InChI is InChI=1S/C14H16F2O5/c1-4-21-13(18)14(15,16)12(17)8-9-5-6-10(19-2)11(7-9)20-3/h5-7H,4,8H2,1-3H3. The van der Waals surface area contributed by atoms with Gasteiger partial charge in [0.15, 0.2) is 11.5 Å². The number of esters is 1. The fourth-order valence-electron chi connectivity index (χ4n) is 1.62. The van der Waals surface area contributed by atoms with Gasteiger partial charge in [0.1, 0.15) is 0 Å². The Morgan fingerprint density at radius 3 is 2.29 bits per heavy atom. The molecule has 0 fully saturated rings. The Morgan fingerprint density at radius 2 is 1.76 bits per heavy atom. The van der Waals surface area contributed by atoms with Gasteiger partial charge in [-0.1, -0.05) is 6.07 Å². The Morgan fingerprint density at radius 1 is 1.14 bits per heavy atom. The SMILES string of the molecule is CCOC(=O)C(F)(F)C(=O)Cc1ccc(OC)c(OC)c1. The summed E-state index contributed by atoms with van der Waals surface area (Å²) in [6.07, 6.45) is -0.619. The minimum atomic E-state index is -4.16. The van der Waals surface area contributed by atoms with E-state index < -0.39 is 24.1 Å². The predicted molar refractivity (Wildman–Crippen MR) is 69.8 cm³/mol. The second kappa shape index (κ2) is 7.01. The van der Waals surface area contributed by atoms with Crippen LogP contribution in [0, 0.1) is 0 Å². The number of methoxy groups -OCH3 is 2. The monoisotopic (exact) mass is 302 g/mol. The molecule has 5 nitrogen and oxygen atoms in total. The molecule has 0 heterocycles. The van der Waals surface area contributed by atoms with Crippen molar-refractivity contribution < 1.29 is 32.6 Å². The van der Waals surface area contributed by atoms with Crippen LogP contribution in [-0.2, 0) is 20.7 Å². The Bertz CT molecular complexity index is 528. The highest BCUT2D eigenvalue weighted by molar-refractivity contribution is 6.06. The van der Waals surface area contributed by atoms with Gasteiger partial charge in [-0.15, -0.1) is 0 Å². The molecular weight excluding hydrogens is 286 g/mol. The molecule has 0 amide bonds. The average molecular weight is 302 g/mol. The minimum absolute atomic E-state index is 0.224. The van der Waals surface area contributed by atoms with Crippen molar-refractivity contribution in [2.75, 3.05) is 20.8 Å². The molecule has 0 N–H and O–H groups in total. The first-order valence-electron chi connectivity index (χ1n) is 6.16. The number of hydrogen-bond acceptors (Lipinski definition) is 5. The number of carbonyl (C=O) groups is 2. The summed E-state index contributed by atoms with van der Waals surface area (Å²) in [6, 6.07) is 4.34. The van der Waals surface area contributed by atoms with Crippen molar-refractivity contribution in [3.05, 3.63) is 23.8 Å². The highest BCUT2D eigenvalue weighted by Crippen LogP contribution is 2.29. The largest absolute Gasteiger partial charge is 0.493 e. The molecule has 21 heavy (non-hydrogen) atoms. The van der Waals surface area contributed by atoms with E-state index in [4.69, 9.17) is 9.47 Å². The summed E-state index contributed by atoms with van der Waals surface area (Å²) in [5.74, 6) is -6.82. The molecule has 0 aromatic heterocycles. The van der Waals surface area contributed by atoms with Crippen molar-refractivity contribution in [2.24, 2.45) is 0 Å². The van der Waals surface area contributed by atoms with E-state index in [1.807, 2.05) is 0 Å². The van der Waals surface area contributed by atoms with Gasteiger partial charge >= 0.3 is 11.9 Å². The van der Waals surface area contributed by atoms with Gasteiger partial charge in [0, 0.05) is 6.42 Å². The molecule has 0 aliphatic carbocycles. The second-order valence-corrected chi connectivity index (χ2v) is 4.08. The van der Waals surface area contributed by atoms with E-state index in [0.29, 0.717) is 11.5 Å². The topological polar surface area (TPSA) is 61.8 Å². The molecular formula is C14H16F2O5. The summed E-state index contributed by atoms with van der Waals surface area (Å²) in [5, 5.41) is 0. The third-order valence-electron chi connectivity index (χ3n) is 2.69. The van der Waals surface area contributed by atoms with Gasteiger partial charge in [-0.3, -0.25) is 4.79 Å². The van der Waals surface area contributed by atoms with Crippen LogP contribution in [-0.4, -0.2) is 38.5 Å². The van der Waals surface area contributed by atoms with Crippen molar-refractivity contribution in [3.63, 3.8) is 0 Å². The Hall–Kier alpha value is -2.18. The molecule has 0 saturated heterocycles. The molecule has 0 saturated carbocycles. The van der Waals surface area contributed by atoms with Crippen LogP contribution in [0.1, 0.15) is 12.5 Å². The fourth-order valence-corrected chi connectivity index (χ4v) is 1.62. The lowest BCUT2D eigenvalue weighted by molar-refractivity contribution is -0.176. The lowest BCUT2D eigenvalue weighted by Crippen LogP contribution is -2.40. The number of carbonyl (C=O) groups excluding carboxylic acids is 2. The van der Waals surface area contributed by atoms with E-state index in [1.165, 1.54) is 39.3 Å². The van der Waals surface area contributed by atoms with Crippen LogP contribution in [0.5, 0.6) is 11.5 Å². The molecule has 1 aromatic rings. The molecule has 0 spiro atoms. The number of ether oxygens (including phenoxy) is 3. The van der Waals surface area contributed by atoms with Crippen molar-refractivity contribution >= 4 is 11.8 Å². The lowest BCUT2D eigenvalue weighted by atomic mass is 10.0. The van der Waals surface area contributed by atoms with E-state index in [-0.39, 0.29) is 12.2 Å². The summed E-state index contributed by atoms with van der Waals surface area (Å²) in [5.41, 5.74) is 0.279. The zero-order valence-corrected chi connectivity index (χ0v) is 11.9. The van der Waals surface area contributed by atoms with Gasteiger partial charge in [-0.25, -0.2) is 4.79 Å². The third kappa shape index (κ3) is 3.90. The molecule has 1 aromatic carbocycles. The summed E-state index contributed by atoms with van der Waals surface area (Å²) in [6.45, 7) is 1.16. The highest BCUT2D eigenvalue weighted by atomic mass is 19.3. The van der Waals surface area contributed by atoms with E-state index in [2.05, 4.69) is 4.74 Å². The lowest BCUT2D eigenvalue weighted by Gasteiger charge is -2.14. The van der Waals surface area contributed by atoms with Crippen LogP contribution in [0.25, 0.3) is 0 Å². The second-order valence-electron chi connectivity index (χ2n) is 4.08. The van der Waals surface area contributed by atoms with E-state index in [0.717, 1.165) is 0 Å². The first-order valence-corrected chi connectivity index (χ1v) is 6.16. The molecule has 0 bridgehead atoms. The molecule has 0 aliphatic rings. The van der Waals surface area contributed by atoms with E-state index in [9.17, 15) is 18.4 Å². The number of Topliss-reactive ketones (excluding diaryl/α,β-unsaturated/α-hetero) is 1. The van der Waals surface area contributed by atoms with Gasteiger partial charge < -0.3 is 14.2 Å². The smallest absolute Gasteiger partial charge is 0.400 e. The third-order valence-corrected chi connectivity index (χ3v) is 2.69. The Balaban J connectivity index is 2.90. The molecule has 0 radical (unpaired) electrons. The number of hydrogen-bond donors (Lipinski definition) is 0. The molecule has 1 rings (SSSR count). The van der Waals surface area contributed by atoms with Crippen molar-refractivity contribution in [1.29, 1.82) is 0 Å². The summed E-state index contributed by atoms with van der Waals surface area (Å²) in [7, 11) is 2.81. The van der Waals surface area contributed by atoms with Crippen LogP contribution < -0.4 is 9.47 Å². The predicted octanol–water partition coefficient (Wildman–Crippen LogP) is 2.01. The quantitative estimate of drug-likeness (QED) is 0.569. The van der Waals surface area contributed by atoms with Crippen LogP contribution in [0.3, 0.4) is 0 Å². The Kier molecular flexibility index (Phi) is 5.63. The highest BCUT2D eigenvalue weighted by Gasteiger charge is 2.48. The Labute approximate surface area is 120 Å². The summed E-state index contributed by atoms with van der Waals surface area (Å²) < 4.78 is 41.3. The van der Waals surface area contributed by atoms with Gasteiger partial charge in [-0.2, -0.15) is 8.78 Å². The number of ketones is 1. The van der Waals surface area contributed by atoms with E-state index in [1.54, 1.807) is 0 Å². The molecule has 7 heteroatoms. The zero-order valence-electron chi connectivity index (χ0n) is 11.9.